The summed E-state index contributed by atoms with van der Waals surface area (Å²) in [6.07, 6.45) is -3.90. The normalized spacial score (nSPS) is 14.4. The van der Waals surface area contributed by atoms with Gasteiger partial charge in [0.2, 0.25) is 0 Å². The van der Waals surface area contributed by atoms with E-state index in [1.54, 1.807) is 0 Å². The molecular weight excluding hydrogens is 199 g/mol. The van der Waals surface area contributed by atoms with Crippen LogP contribution in [0, 0.1) is 0 Å². The molecule has 0 saturated heterocycles. The van der Waals surface area contributed by atoms with E-state index in [0.29, 0.717) is 13.0 Å². The first-order valence-corrected chi connectivity index (χ1v) is 4.48. The Balaban J connectivity index is 3.42. The van der Waals surface area contributed by atoms with Crippen LogP contribution in [-0.2, 0) is 4.74 Å². The van der Waals surface area contributed by atoms with Gasteiger partial charge < -0.3 is 15.2 Å². The standard InChI is InChI=1S/C8H16F3NO2/c1-2-12-7(5-13)3-4-14-6-8(9,10)11/h7,12-13H,2-6H2,1H3. The monoisotopic (exact) mass is 215 g/mol. The number of nitrogens with one attached hydrogen (secondary N) is 1. The molecule has 0 spiro atoms. The van der Waals surface area contributed by atoms with Crippen molar-refractivity contribution in [3.05, 3.63) is 0 Å². The van der Waals surface area contributed by atoms with Gasteiger partial charge in [-0.1, -0.05) is 6.92 Å². The number of halogens is 3. The number of aliphatic hydroxyl groups is 1. The molecule has 1 unspecified atom stereocenters. The van der Waals surface area contributed by atoms with E-state index >= 15 is 0 Å². The van der Waals surface area contributed by atoms with E-state index in [2.05, 4.69) is 10.1 Å². The van der Waals surface area contributed by atoms with Gasteiger partial charge in [0.1, 0.15) is 6.61 Å². The molecule has 3 nitrogen and oxygen atoms in total. The summed E-state index contributed by atoms with van der Waals surface area (Å²) in [7, 11) is 0. The Labute approximate surface area is 81.2 Å². The lowest BCUT2D eigenvalue weighted by atomic mass is 10.2. The van der Waals surface area contributed by atoms with Crippen molar-refractivity contribution in [2.45, 2.75) is 25.6 Å². The fourth-order valence-corrected chi connectivity index (χ4v) is 0.960. The minimum atomic E-state index is -4.27. The molecule has 0 fully saturated rings. The fraction of sp³-hybridized carbons (Fsp3) is 1.00. The highest BCUT2D eigenvalue weighted by Crippen LogP contribution is 2.14. The van der Waals surface area contributed by atoms with Crippen LogP contribution in [0.25, 0.3) is 0 Å². The van der Waals surface area contributed by atoms with Crippen molar-refractivity contribution >= 4 is 0 Å². The summed E-state index contributed by atoms with van der Waals surface area (Å²) >= 11 is 0. The van der Waals surface area contributed by atoms with Crippen LogP contribution in [0.15, 0.2) is 0 Å². The second-order valence-electron chi connectivity index (χ2n) is 2.89. The maximum absolute atomic E-state index is 11.6. The van der Waals surface area contributed by atoms with Crippen LogP contribution in [0.4, 0.5) is 13.2 Å². The SMILES string of the molecule is CCNC(CO)CCOCC(F)(F)F. The van der Waals surface area contributed by atoms with Gasteiger partial charge >= 0.3 is 6.18 Å². The summed E-state index contributed by atoms with van der Waals surface area (Å²) in [5, 5.41) is 11.7. The van der Waals surface area contributed by atoms with Gasteiger partial charge in [-0.3, -0.25) is 0 Å². The van der Waals surface area contributed by atoms with Crippen molar-refractivity contribution in [2.75, 3.05) is 26.4 Å². The summed E-state index contributed by atoms with van der Waals surface area (Å²) in [6.45, 7) is 1.21. The molecule has 0 rings (SSSR count). The van der Waals surface area contributed by atoms with Crippen molar-refractivity contribution in [3.8, 4) is 0 Å². The molecule has 14 heavy (non-hydrogen) atoms. The molecule has 0 aliphatic rings. The fourth-order valence-electron chi connectivity index (χ4n) is 0.960. The van der Waals surface area contributed by atoms with Gasteiger partial charge in [-0.05, 0) is 13.0 Å². The zero-order valence-corrected chi connectivity index (χ0v) is 8.10. The molecule has 0 amide bonds. The summed E-state index contributed by atoms with van der Waals surface area (Å²) in [5.41, 5.74) is 0. The Morgan fingerprint density at radius 2 is 2.07 bits per heavy atom. The predicted octanol–water partition coefficient (Wildman–Crippen LogP) is 0.926. The van der Waals surface area contributed by atoms with Gasteiger partial charge in [0.25, 0.3) is 0 Å². The number of rotatable bonds is 7. The average Bonchev–Trinajstić information content (AvgIpc) is 2.08. The maximum Gasteiger partial charge on any atom is 0.411 e. The zero-order valence-electron chi connectivity index (χ0n) is 8.10. The lowest BCUT2D eigenvalue weighted by Crippen LogP contribution is -2.33. The lowest BCUT2D eigenvalue weighted by Gasteiger charge is -2.15. The molecule has 0 bridgehead atoms. The van der Waals surface area contributed by atoms with Crippen molar-refractivity contribution < 1.29 is 23.0 Å². The van der Waals surface area contributed by atoms with Crippen LogP contribution in [-0.4, -0.2) is 43.7 Å². The Kier molecular flexibility index (Phi) is 6.86. The topological polar surface area (TPSA) is 41.5 Å². The summed E-state index contributed by atoms with van der Waals surface area (Å²) in [6, 6.07) is -0.187. The molecule has 0 aromatic rings. The minimum absolute atomic E-state index is 0.00225. The van der Waals surface area contributed by atoms with E-state index in [9.17, 15) is 13.2 Å². The first-order valence-electron chi connectivity index (χ1n) is 4.48. The molecule has 2 N–H and O–H groups in total. The molecule has 0 aliphatic carbocycles. The van der Waals surface area contributed by atoms with E-state index in [-0.39, 0.29) is 19.3 Å². The van der Waals surface area contributed by atoms with Crippen molar-refractivity contribution in [3.63, 3.8) is 0 Å². The van der Waals surface area contributed by atoms with Crippen LogP contribution in [0.2, 0.25) is 0 Å². The molecule has 0 aliphatic heterocycles. The molecule has 0 saturated carbocycles. The average molecular weight is 215 g/mol. The van der Waals surface area contributed by atoms with Crippen LogP contribution >= 0.6 is 0 Å². The van der Waals surface area contributed by atoms with Crippen LogP contribution in [0.1, 0.15) is 13.3 Å². The summed E-state index contributed by atoms with van der Waals surface area (Å²) < 4.78 is 39.3. The highest BCUT2D eigenvalue weighted by atomic mass is 19.4. The van der Waals surface area contributed by atoms with Crippen LogP contribution < -0.4 is 5.32 Å². The molecule has 0 heterocycles. The predicted molar refractivity (Wildman–Crippen MR) is 46.0 cm³/mol. The van der Waals surface area contributed by atoms with Crippen molar-refractivity contribution in [1.82, 2.24) is 5.32 Å². The Hall–Kier alpha value is -0.330. The largest absolute Gasteiger partial charge is 0.411 e. The quantitative estimate of drug-likeness (QED) is 0.621. The van der Waals surface area contributed by atoms with E-state index in [1.807, 2.05) is 6.92 Å². The van der Waals surface area contributed by atoms with E-state index in [4.69, 9.17) is 5.11 Å². The highest BCUT2D eigenvalue weighted by molar-refractivity contribution is 4.63. The first kappa shape index (κ1) is 13.7. The van der Waals surface area contributed by atoms with E-state index in [1.165, 1.54) is 0 Å². The molecule has 1 atom stereocenters. The van der Waals surface area contributed by atoms with Gasteiger partial charge in [0, 0.05) is 12.6 Å². The third kappa shape index (κ3) is 8.28. The highest BCUT2D eigenvalue weighted by Gasteiger charge is 2.27. The minimum Gasteiger partial charge on any atom is -0.395 e. The number of aliphatic hydroxyl groups excluding tert-OH is 1. The number of hydrogen-bond donors (Lipinski definition) is 2. The van der Waals surface area contributed by atoms with E-state index in [0.717, 1.165) is 0 Å². The van der Waals surface area contributed by atoms with Gasteiger partial charge in [-0.15, -0.1) is 0 Å². The van der Waals surface area contributed by atoms with Crippen molar-refractivity contribution in [2.24, 2.45) is 0 Å². The maximum atomic E-state index is 11.6. The zero-order chi connectivity index (χ0) is 11.0. The number of likely N-dealkylation sites (N-methyl/N-ethyl adjacent to an activating group) is 1. The molecule has 6 heteroatoms. The lowest BCUT2D eigenvalue weighted by molar-refractivity contribution is -0.174. The Morgan fingerprint density at radius 3 is 2.50 bits per heavy atom. The molecule has 0 radical (unpaired) electrons. The molecule has 86 valence electrons. The smallest absolute Gasteiger partial charge is 0.395 e. The number of ether oxygens (including phenoxy) is 1. The number of alkyl halides is 3. The van der Waals surface area contributed by atoms with Gasteiger partial charge in [0.05, 0.1) is 6.61 Å². The van der Waals surface area contributed by atoms with Gasteiger partial charge in [0.15, 0.2) is 0 Å². The van der Waals surface area contributed by atoms with E-state index < -0.39 is 12.8 Å². The molecule has 0 aromatic carbocycles. The Morgan fingerprint density at radius 1 is 1.43 bits per heavy atom. The van der Waals surface area contributed by atoms with Gasteiger partial charge in [-0.25, -0.2) is 0 Å². The van der Waals surface area contributed by atoms with Crippen LogP contribution in [0.5, 0.6) is 0 Å². The molecule has 0 aromatic heterocycles. The van der Waals surface area contributed by atoms with Crippen molar-refractivity contribution in [1.29, 1.82) is 0 Å². The third-order valence-electron chi connectivity index (χ3n) is 1.59. The Bertz CT molecular complexity index is 141. The van der Waals surface area contributed by atoms with Gasteiger partial charge in [-0.2, -0.15) is 13.2 Å². The molecular formula is C8H16F3NO2. The van der Waals surface area contributed by atoms with Crippen LogP contribution in [0.3, 0.4) is 0 Å². The first-order chi connectivity index (χ1) is 6.49. The number of hydrogen-bond acceptors (Lipinski definition) is 3. The summed E-state index contributed by atoms with van der Waals surface area (Å²) in [5.74, 6) is 0. The second kappa shape index (κ2) is 7.03. The second-order valence-corrected chi connectivity index (χ2v) is 2.89. The third-order valence-corrected chi connectivity index (χ3v) is 1.59. The summed E-state index contributed by atoms with van der Waals surface area (Å²) in [4.78, 5) is 0.